The van der Waals surface area contributed by atoms with E-state index >= 15 is 0 Å². The van der Waals surface area contributed by atoms with Gasteiger partial charge in [0.1, 0.15) is 6.04 Å². The van der Waals surface area contributed by atoms with Gasteiger partial charge in [0.2, 0.25) is 0 Å². The van der Waals surface area contributed by atoms with E-state index in [4.69, 9.17) is 4.74 Å². The van der Waals surface area contributed by atoms with Crippen LogP contribution in [0.3, 0.4) is 0 Å². The maximum absolute atomic E-state index is 9.26. The van der Waals surface area contributed by atoms with Crippen molar-refractivity contribution in [2.75, 3.05) is 13.7 Å². The van der Waals surface area contributed by atoms with Crippen molar-refractivity contribution in [1.29, 1.82) is 5.26 Å². The number of ether oxygens (including phenoxy) is 1. The van der Waals surface area contributed by atoms with Gasteiger partial charge in [0, 0.05) is 19.7 Å². The highest BCUT2D eigenvalue weighted by Gasteiger charge is 2.37. The lowest BCUT2D eigenvalue weighted by molar-refractivity contribution is 0.0774. The standard InChI is InChI=1S/C14H18N2O/c1-11(12-6-4-3-5-7-12)16-9-8-14(17-2)13(16)10-15/h3-7,11,13-14H,8-9H2,1-2H3. The maximum Gasteiger partial charge on any atom is 0.125 e. The lowest BCUT2D eigenvalue weighted by atomic mass is 10.1. The van der Waals surface area contributed by atoms with E-state index in [9.17, 15) is 5.26 Å². The van der Waals surface area contributed by atoms with Crippen molar-refractivity contribution in [2.45, 2.75) is 31.5 Å². The molecule has 0 bridgehead atoms. The number of hydrogen-bond donors (Lipinski definition) is 0. The summed E-state index contributed by atoms with van der Waals surface area (Å²) in [5.41, 5.74) is 1.25. The Morgan fingerprint density at radius 1 is 1.41 bits per heavy atom. The highest BCUT2D eigenvalue weighted by Crippen LogP contribution is 2.30. The average molecular weight is 230 g/mol. The van der Waals surface area contributed by atoms with Gasteiger partial charge < -0.3 is 4.74 Å². The third-order valence-corrected chi connectivity index (χ3v) is 3.60. The number of hydrogen-bond acceptors (Lipinski definition) is 3. The van der Waals surface area contributed by atoms with Crippen molar-refractivity contribution in [3.63, 3.8) is 0 Å². The van der Waals surface area contributed by atoms with Gasteiger partial charge in [-0.2, -0.15) is 5.26 Å². The Labute approximate surface area is 103 Å². The fourth-order valence-electron chi connectivity index (χ4n) is 2.55. The zero-order valence-electron chi connectivity index (χ0n) is 10.3. The number of likely N-dealkylation sites (tertiary alicyclic amines) is 1. The van der Waals surface area contributed by atoms with Gasteiger partial charge in [-0.1, -0.05) is 30.3 Å². The molecule has 3 nitrogen and oxygen atoms in total. The van der Waals surface area contributed by atoms with Crippen LogP contribution in [0.2, 0.25) is 0 Å². The van der Waals surface area contributed by atoms with Crippen LogP contribution in [-0.2, 0) is 4.74 Å². The second kappa shape index (κ2) is 5.31. The Morgan fingerprint density at radius 3 is 2.71 bits per heavy atom. The molecule has 0 amide bonds. The molecule has 1 aromatic rings. The first-order valence-electron chi connectivity index (χ1n) is 6.01. The predicted octanol–water partition coefficient (Wildman–Crippen LogP) is 2.36. The van der Waals surface area contributed by atoms with Crippen molar-refractivity contribution < 1.29 is 4.74 Å². The molecule has 0 spiro atoms. The highest BCUT2D eigenvalue weighted by atomic mass is 16.5. The quantitative estimate of drug-likeness (QED) is 0.799. The zero-order valence-corrected chi connectivity index (χ0v) is 10.3. The smallest absolute Gasteiger partial charge is 0.125 e. The molecular formula is C14H18N2O. The molecule has 0 saturated carbocycles. The summed E-state index contributed by atoms with van der Waals surface area (Å²) in [7, 11) is 1.69. The predicted molar refractivity (Wildman–Crippen MR) is 66.4 cm³/mol. The summed E-state index contributed by atoms with van der Waals surface area (Å²) in [6, 6.07) is 12.8. The molecule has 1 heterocycles. The van der Waals surface area contributed by atoms with Gasteiger partial charge in [-0.15, -0.1) is 0 Å². The molecular weight excluding hydrogens is 212 g/mol. The summed E-state index contributed by atoms with van der Waals surface area (Å²) < 4.78 is 5.37. The second-order valence-corrected chi connectivity index (χ2v) is 4.46. The van der Waals surface area contributed by atoms with Gasteiger partial charge in [0.15, 0.2) is 0 Å². The molecule has 1 fully saturated rings. The van der Waals surface area contributed by atoms with Crippen LogP contribution in [0.15, 0.2) is 30.3 Å². The first kappa shape index (κ1) is 12.1. The summed E-state index contributed by atoms with van der Waals surface area (Å²) in [5, 5.41) is 9.26. The third-order valence-electron chi connectivity index (χ3n) is 3.60. The molecule has 0 aromatic heterocycles. The van der Waals surface area contributed by atoms with E-state index in [1.807, 2.05) is 18.2 Å². The van der Waals surface area contributed by atoms with E-state index in [2.05, 4.69) is 30.0 Å². The lowest BCUT2D eigenvalue weighted by Crippen LogP contribution is -2.36. The van der Waals surface area contributed by atoms with E-state index in [-0.39, 0.29) is 18.2 Å². The molecule has 1 aliphatic heterocycles. The third kappa shape index (κ3) is 2.33. The number of rotatable bonds is 3. The summed E-state index contributed by atoms with van der Waals surface area (Å²) in [6.07, 6.45) is 0.984. The number of benzene rings is 1. The van der Waals surface area contributed by atoms with Crippen LogP contribution < -0.4 is 0 Å². The topological polar surface area (TPSA) is 36.3 Å². The highest BCUT2D eigenvalue weighted by molar-refractivity contribution is 5.20. The minimum Gasteiger partial charge on any atom is -0.379 e. The Balaban J connectivity index is 2.16. The monoisotopic (exact) mass is 230 g/mol. The molecule has 2 rings (SSSR count). The van der Waals surface area contributed by atoms with Crippen molar-refractivity contribution >= 4 is 0 Å². The van der Waals surface area contributed by atoms with E-state index in [0.29, 0.717) is 0 Å². The SMILES string of the molecule is COC1CCN(C(C)c2ccccc2)C1C#N. The van der Waals surface area contributed by atoms with Gasteiger partial charge in [-0.3, -0.25) is 4.90 Å². The summed E-state index contributed by atoms with van der Waals surface area (Å²) in [4.78, 5) is 2.23. The van der Waals surface area contributed by atoms with Gasteiger partial charge in [-0.05, 0) is 18.9 Å². The van der Waals surface area contributed by atoms with Crippen molar-refractivity contribution in [3.8, 4) is 6.07 Å². The molecule has 1 aliphatic rings. The fourth-order valence-corrected chi connectivity index (χ4v) is 2.55. The van der Waals surface area contributed by atoms with Crippen LogP contribution in [0.4, 0.5) is 0 Å². The van der Waals surface area contributed by atoms with Crippen LogP contribution in [-0.4, -0.2) is 30.7 Å². The molecule has 1 saturated heterocycles. The van der Waals surface area contributed by atoms with Crippen molar-refractivity contribution in [2.24, 2.45) is 0 Å². The largest absolute Gasteiger partial charge is 0.379 e. The van der Waals surface area contributed by atoms with E-state index in [0.717, 1.165) is 13.0 Å². The number of nitrogens with zero attached hydrogens (tertiary/aromatic N) is 2. The summed E-state index contributed by atoms with van der Waals surface area (Å²) in [5.74, 6) is 0. The number of methoxy groups -OCH3 is 1. The Hall–Kier alpha value is -1.37. The van der Waals surface area contributed by atoms with Crippen molar-refractivity contribution in [3.05, 3.63) is 35.9 Å². The van der Waals surface area contributed by atoms with E-state index in [1.165, 1.54) is 5.56 Å². The number of nitriles is 1. The molecule has 0 N–H and O–H groups in total. The Kier molecular flexibility index (Phi) is 3.78. The van der Waals surface area contributed by atoms with Crippen molar-refractivity contribution in [1.82, 2.24) is 4.90 Å². The van der Waals surface area contributed by atoms with Crippen LogP contribution in [0, 0.1) is 11.3 Å². The Morgan fingerprint density at radius 2 is 2.12 bits per heavy atom. The molecule has 3 atom stereocenters. The molecule has 17 heavy (non-hydrogen) atoms. The fraction of sp³-hybridized carbons (Fsp3) is 0.500. The minimum atomic E-state index is -0.129. The van der Waals surface area contributed by atoms with Gasteiger partial charge in [0.05, 0.1) is 12.2 Å². The first-order chi connectivity index (χ1) is 8.27. The molecule has 3 heteroatoms. The molecule has 1 aromatic carbocycles. The van der Waals surface area contributed by atoms with Crippen LogP contribution in [0.1, 0.15) is 24.9 Å². The van der Waals surface area contributed by atoms with Gasteiger partial charge in [0.25, 0.3) is 0 Å². The molecule has 3 unspecified atom stereocenters. The lowest BCUT2D eigenvalue weighted by Gasteiger charge is -2.28. The molecule has 0 aliphatic carbocycles. The van der Waals surface area contributed by atoms with E-state index < -0.39 is 0 Å². The maximum atomic E-state index is 9.26. The summed E-state index contributed by atoms with van der Waals surface area (Å²) >= 11 is 0. The van der Waals surface area contributed by atoms with Gasteiger partial charge >= 0.3 is 0 Å². The summed E-state index contributed by atoms with van der Waals surface area (Å²) in [6.45, 7) is 3.07. The van der Waals surface area contributed by atoms with E-state index in [1.54, 1.807) is 7.11 Å². The zero-order chi connectivity index (χ0) is 12.3. The van der Waals surface area contributed by atoms with Crippen LogP contribution >= 0.6 is 0 Å². The Bertz CT molecular complexity index is 398. The average Bonchev–Trinajstić information content (AvgIpc) is 2.81. The normalized spacial score (nSPS) is 26.6. The molecule has 0 radical (unpaired) electrons. The minimum absolute atomic E-state index is 0.0474. The van der Waals surface area contributed by atoms with Crippen LogP contribution in [0.25, 0.3) is 0 Å². The second-order valence-electron chi connectivity index (χ2n) is 4.46. The van der Waals surface area contributed by atoms with Gasteiger partial charge in [-0.25, -0.2) is 0 Å². The van der Waals surface area contributed by atoms with Crippen LogP contribution in [0.5, 0.6) is 0 Å². The molecule has 90 valence electrons. The first-order valence-corrected chi connectivity index (χ1v) is 6.01.